The van der Waals surface area contributed by atoms with Gasteiger partial charge in [0, 0.05) is 0 Å². The van der Waals surface area contributed by atoms with Gasteiger partial charge in [0.05, 0.1) is 0 Å². The number of benzene rings is 1. The van der Waals surface area contributed by atoms with Gasteiger partial charge in [0.2, 0.25) is 0 Å². The zero-order chi connectivity index (χ0) is 11.4. The molecule has 0 amide bonds. The van der Waals surface area contributed by atoms with Crippen LogP contribution in [0.1, 0.15) is 5.56 Å². The average molecular weight is 282 g/mol. The molecule has 0 spiro atoms. The first-order valence-electron chi connectivity index (χ1n) is 4.74. The maximum atomic E-state index is 13.3. The smallest absolute Gasteiger partial charge is 0.251 e. The third-order valence-electron chi connectivity index (χ3n) is 2.00. The summed E-state index contributed by atoms with van der Waals surface area (Å²) in [6, 6.07) is 12.4. The molecule has 2 rings (SSSR count). The Balaban J connectivity index is 2.08. The summed E-state index contributed by atoms with van der Waals surface area (Å²) in [7, 11) is 0. The van der Waals surface area contributed by atoms with Gasteiger partial charge >= 0.3 is 0 Å². The van der Waals surface area contributed by atoms with Crippen molar-refractivity contribution in [1.29, 1.82) is 0 Å². The first-order chi connectivity index (χ1) is 7.75. The molecule has 0 atom stereocenters. The van der Waals surface area contributed by atoms with Crippen molar-refractivity contribution in [2.75, 3.05) is 0 Å². The Labute approximate surface area is 101 Å². The molecule has 4 heteroatoms. The fourth-order valence-corrected chi connectivity index (χ4v) is 1.52. The van der Waals surface area contributed by atoms with Crippen LogP contribution in [-0.4, -0.2) is 4.98 Å². The molecule has 16 heavy (non-hydrogen) atoms. The van der Waals surface area contributed by atoms with Crippen molar-refractivity contribution < 1.29 is 9.13 Å². The SMILES string of the molecule is Fc1ccc(Br)nc1OCc1ccccc1. The number of aromatic nitrogens is 1. The predicted molar refractivity (Wildman–Crippen MR) is 62.7 cm³/mol. The summed E-state index contributed by atoms with van der Waals surface area (Å²) in [5.74, 6) is -0.447. The topological polar surface area (TPSA) is 22.1 Å². The van der Waals surface area contributed by atoms with E-state index >= 15 is 0 Å². The molecule has 1 heterocycles. The quantitative estimate of drug-likeness (QED) is 0.803. The summed E-state index contributed by atoms with van der Waals surface area (Å²) in [4.78, 5) is 3.91. The number of halogens is 2. The molecule has 0 saturated heterocycles. The first-order valence-corrected chi connectivity index (χ1v) is 5.54. The van der Waals surface area contributed by atoms with E-state index in [9.17, 15) is 4.39 Å². The first kappa shape index (κ1) is 11.1. The van der Waals surface area contributed by atoms with Crippen molar-refractivity contribution in [3.8, 4) is 5.88 Å². The van der Waals surface area contributed by atoms with E-state index < -0.39 is 5.82 Å². The lowest BCUT2D eigenvalue weighted by molar-refractivity contribution is 0.276. The molecule has 0 fully saturated rings. The molecule has 0 bridgehead atoms. The van der Waals surface area contributed by atoms with E-state index in [0.717, 1.165) is 5.56 Å². The third-order valence-corrected chi connectivity index (χ3v) is 2.44. The van der Waals surface area contributed by atoms with E-state index in [1.54, 1.807) is 0 Å². The minimum Gasteiger partial charge on any atom is -0.471 e. The maximum Gasteiger partial charge on any atom is 0.251 e. The van der Waals surface area contributed by atoms with Gasteiger partial charge in [-0.25, -0.2) is 9.37 Å². The van der Waals surface area contributed by atoms with Crippen LogP contribution in [0.4, 0.5) is 4.39 Å². The Morgan fingerprint density at radius 1 is 1.12 bits per heavy atom. The molecule has 0 N–H and O–H groups in total. The molecular formula is C12H9BrFNO. The molecule has 1 aromatic heterocycles. The van der Waals surface area contributed by atoms with Crippen LogP contribution in [0, 0.1) is 5.82 Å². The highest BCUT2D eigenvalue weighted by Crippen LogP contribution is 2.18. The lowest BCUT2D eigenvalue weighted by Gasteiger charge is -2.06. The van der Waals surface area contributed by atoms with Crippen molar-refractivity contribution >= 4 is 15.9 Å². The molecule has 0 radical (unpaired) electrons. The van der Waals surface area contributed by atoms with Gasteiger partial charge in [-0.05, 0) is 33.6 Å². The molecule has 2 aromatic rings. The second-order valence-corrected chi connectivity index (χ2v) is 4.01. The van der Waals surface area contributed by atoms with Crippen molar-refractivity contribution in [3.63, 3.8) is 0 Å². The number of hydrogen-bond acceptors (Lipinski definition) is 2. The summed E-state index contributed by atoms with van der Waals surface area (Å²) in [6.45, 7) is 0.307. The molecule has 82 valence electrons. The van der Waals surface area contributed by atoms with Crippen molar-refractivity contribution in [2.45, 2.75) is 6.61 Å². The van der Waals surface area contributed by atoms with E-state index in [4.69, 9.17) is 4.74 Å². The largest absolute Gasteiger partial charge is 0.471 e. The molecule has 0 aliphatic heterocycles. The number of pyridine rings is 1. The number of ether oxygens (including phenoxy) is 1. The Morgan fingerprint density at radius 3 is 2.62 bits per heavy atom. The molecule has 0 saturated carbocycles. The molecule has 0 unspecified atom stereocenters. The highest BCUT2D eigenvalue weighted by Gasteiger charge is 2.05. The zero-order valence-electron chi connectivity index (χ0n) is 8.36. The number of hydrogen-bond donors (Lipinski definition) is 0. The van der Waals surface area contributed by atoms with Crippen LogP contribution in [-0.2, 0) is 6.61 Å². The van der Waals surface area contributed by atoms with Gasteiger partial charge in [-0.1, -0.05) is 30.3 Å². The van der Waals surface area contributed by atoms with Crippen LogP contribution >= 0.6 is 15.9 Å². The van der Waals surface area contributed by atoms with Crippen molar-refractivity contribution in [3.05, 3.63) is 58.4 Å². The highest BCUT2D eigenvalue weighted by molar-refractivity contribution is 9.10. The molecule has 1 aromatic carbocycles. The highest BCUT2D eigenvalue weighted by atomic mass is 79.9. The van der Waals surface area contributed by atoms with E-state index in [1.807, 2.05) is 30.3 Å². The zero-order valence-corrected chi connectivity index (χ0v) is 9.95. The van der Waals surface area contributed by atoms with E-state index in [2.05, 4.69) is 20.9 Å². The molecule has 0 aliphatic carbocycles. The van der Waals surface area contributed by atoms with Crippen LogP contribution < -0.4 is 4.74 Å². The molecule has 2 nitrogen and oxygen atoms in total. The van der Waals surface area contributed by atoms with Crippen molar-refractivity contribution in [2.24, 2.45) is 0 Å². The summed E-state index contributed by atoms with van der Waals surface area (Å²) in [6.07, 6.45) is 0. The fourth-order valence-electron chi connectivity index (χ4n) is 1.23. The Morgan fingerprint density at radius 2 is 1.88 bits per heavy atom. The second-order valence-electron chi connectivity index (χ2n) is 3.20. The summed E-state index contributed by atoms with van der Waals surface area (Å²) >= 11 is 3.16. The third kappa shape index (κ3) is 2.79. The second kappa shape index (κ2) is 5.07. The van der Waals surface area contributed by atoms with E-state index in [1.165, 1.54) is 12.1 Å². The number of nitrogens with zero attached hydrogens (tertiary/aromatic N) is 1. The lowest BCUT2D eigenvalue weighted by Crippen LogP contribution is -1.99. The van der Waals surface area contributed by atoms with Gasteiger partial charge in [0.25, 0.3) is 5.88 Å². The van der Waals surface area contributed by atoms with Gasteiger partial charge in [0.1, 0.15) is 11.2 Å². The van der Waals surface area contributed by atoms with Crippen molar-refractivity contribution in [1.82, 2.24) is 4.98 Å². The Hall–Kier alpha value is -1.42. The van der Waals surface area contributed by atoms with Gasteiger partial charge in [-0.3, -0.25) is 0 Å². The number of rotatable bonds is 3. The van der Waals surface area contributed by atoms with Gasteiger partial charge < -0.3 is 4.74 Å². The summed E-state index contributed by atoms with van der Waals surface area (Å²) in [5, 5.41) is 0. The fraction of sp³-hybridized carbons (Fsp3) is 0.0833. The minimum atomic E-state index is -0.459. The van der Waals surface area contributed by atoms with Gasteiger partial charge in [-0.2, -0.15) is 0 Å². The van der Waals surface area contributed by atoms with E-state index in [-0.39, 0.29) is 5.88 Å². The summed E-state index contributed by atoms with van der Waals surface area (Å²) < 4.78 is 19.1. The summed E-state index contributed by atoms with van der Waals surface area (Å²) in [5.41, 5.74) is 0.976. The van der Waals surface area contributed by atoms with Gasteiger partial charge in [0.15, 0.2) is 5.82 Å². The minimum absolute atomic E-state index is 0.0122. The van der Waals surface area contributed by atoms with Crippen LogP contribution in [0.25, 0.3) is 0 Å². The monoisotopic (exact) mass is 281 g/mol. The molecular weight excluding hydrogens is 273 g/mol. The standard InChI is InChI=1S/C12H9BrFNO/c13-11-7-6-10(14)12(15-11)16-8-9-4-2-1-3-5-9/h1-7H,8H2. The Kier molecular flexibility index (Phi) is 3.51. The van der Waals surface area contributed by atoms with E-state index in [0.29, 0.717) is 11.2 Å². The lowest BCUT2D eigenvalue weighted by atomic mass is 10.2. The predicted octanol–water partition coefficient (Wildman–Crippen LogP) is 3.56. The maximum absolute atomic E-state index is 13.3. The van der Waals surface area contributed by atoms with Crippen LogP contribution in [0.15, 0.2) is 47.1 Å². The molecule has 0 aliphatic rings. The van der Waals surface area contributed by atoms with Gasteiger partial charge in [-0.15, -0.1) is 0 Å². The Bertz CT molecular complexity index is 476. The van der Waals surface area contributed by atoms with Crippen LogP contribution in [0.2, 0.25) is 0 Å². The normalized spacial score (nSPS) is 10.1. The average Bonchev–Trinajstić information content (AvgIpc) is 2.32. The van der Waals surface area contributed by atoms with Crippen LogP contribution in [0.5, 0.6) is 5.88 Å². The van der Waals surface area contributed by atoms with Crippen LogP contribution in [0.3, 0.4) is 0 Å².